The number of esters is 1. The summed E-state index contributed by atoms with van der Waals surface area (Å²) < 4.78 is 17.0. The van der Waals surface area contributed by atoms with Gasteiger partial charge in [0.05, 0.1) is 24.8 Å². The zero-order valence-corrected chi connectivity index (χ0v) is 21.8. The van der Waals surface area contributed by atoms with Gasteiger partial charge in [-0.05, 0) is 54.8 Å². The minimum Gasteiger partial charge on any atom is -0.497 e. The second-order valence-electron chi connectivity index (χ2n) is 8.40. The summed E-state index contributed by atoms with van der Waals surface area (Å²) >= 11 is 1.13. The standard InChI is InChI=1S/C27H27N3O6S/c1-5-35-27(33)24-21-15-37-25(28-22(31)14-36-20-12-10-19(34-4)11-13-20)23(21)26(32)30(29-24)18-8-6-17(7-9-18)16(2)3/h6-13,15-16H,5,14H2,1-4H3,(H,28,31). The van der Waals surface area contributed by atoms with Crippen LogP contribution >= 0.6 is 11.3 Å². The Hall–Kier alpha value is -4.18. The molecule has 2 aromatic carbocycles. The first kappa shape index (κ1) is 25.9. The van der Waals surface area contributed by atoms with Crippen LogP contribution in [0.15, 0.2) is 58.7 Å². The maximum Gasteiger partial charge on any atom is 0.359 e. The van der Waals surface area contributed by atoms with E-state index in [1.54, 1.807) is 55.8 Å². The lowest BCUT2D eigenvalue weighted by atomic mass is 10.0. The average molecular weight is 522 g/mol. The van der Waals surface area contributed by atoms with Crippen LogP contribution in [0.2, 0.25) is 0 Å². The van der Waals surface area contributed by atoms with Crippen LogP contribution in [-0.4, -0.2) is 42.0 Å². The Morgan fingerprint density at radius 2 is 1.73 bits per heavy atom. The largest absolute Gasteiger partial charge is 0.497 e. The second-order valence-corrected chi connectivity index (χ2v) is 9.28. The fourth-order valence-corrected chi connectivity index (χ4v) is 4.60. The van der Waals surface area contributed by atoms with Gasteiger partial charge in [0.25, 0.3) is 11.5 Å². The second kappa shape index (κ2) is 11.3. The quantitative estimate of drug-likeness (QED) is 0.316. The molecule has 1 N–H and O–H groups in total. The first-order valence-corrected chi connectivity index (χ1v) is 12.6. The van der Waals surface area contributed by atoms with Crippen molar-refractivity contribution in [2.45, 2.75) is 26.7 Å². The van der Waals surface area contributed by atoms with Gasteiger partial charge < -0.3 is 19.5 Å². The van der Waals surface area contributed by atoms with Crippen LogP contribution in [0.4, 0.5) is 5.00 Å². The molecule has 1 amide bonds. The van der Waals surface area contributed by atoms with Gasteiger partial charge in [-0.2, -0.15) is 9.78 Å². The van der Waals surface area contributed by atoms with Gasteiger partial charge in [-0.1, -0.05) is 26.0 Å². The lowest BCUT2D eigenvalue weighted by Crippen LogP contribution is -2.26. The molecular formula is C27H27N3O6S. The lowest BCUT2D eigenvalue weighted by Gasteiger charge is -2.11. The molecule has 0 radical (unpaired) electrons. The molecule has 4 rings (SSSR count). The van der Waals surface area contributed by atoms with Crippen LogP contribution in [0.1, 0.15) is 42.7 Å². The number of amides is 1. The van der Waals surface area contributed by atoms with Gasteiger partial charge in [-0.25, -0.2) is 4.79 Å². The number of benzene rings is 2. The molecule has 9 nitrogen and oxygen atoms in total. The number of fused-ring (bicyclic) bond motifs is 1. The van der Waals surface area contributed by atoms with Crippen LogP contribution in [0.5, 0.6) is 11.5 Å². The molecule has 10 heteroatoms. The van der Waals surface area contributed by atoms with E-state index in [4.69, 9.17) is 14.2 Å². The summed E-state index contributed by atoms with van der Waals surface area (Å²) in [5.41, 5.74) is 1.13. The summed E-state index contributed by atoms with van der Waals surface area (Å²) in [6.45, 7) is 5.72. The Bertz CT molecular complexity index is 1470. The number of ether oxygens (including phenoxy) is 3. The fourth-order valence-electron chi connectivity index (χ4n) is 3.65. The van der Waals surface area contributed by atoms with Crippen LogP contribution < -0.4 is 20.3 Å². The monoisotopic (exact) mass is 521 g/mol. The molecule has 0 aliphatic heterocycles. The molecule has 0 aliphatic carbocycles. The van der Waals surface area contributed by atoms with E-state index in [9.17, 15) is 14.4 Å². The van der Waals surface area contributed by atoms with E-state index in [1.807, 2.05) is 12.1 Å². The first-order valence-electron chi connectivity index (χ1n) is 11.7. The van der Waals surface area contributed by atoms with Crippen LogP contribution in [0, 0.1) is 0 Å². The lowest BCUT2D eigenvalue weighted by molar-refractivity contribution is -0.118. The van der Waals surface area contributed by atoms with Gasteiger partial charge in [0.1, 0.15) is 16.5 Å². The predicted octanol–water partition coefficient (Wildman–Crippen LogP) is 4.77. The Labute approximate surface area is 217 Å². The minimum atomic E-state index is -0.654. The van der Waals surface area contributed by atoms with E-state index < -0.39 is 17.4 Å². The Morgan fingerprint density at radius 3 is 2.35 bits per heavy atom. The van der Waals surface area contributed by atoms with Gasteiger partial charge >= 0.3 is 5.97 Å². The number of anilines is 1. The van der Waals surface area contributed by atoms with Crippen molar-refractivity contribution in [3.05, 3.63) is 75.5 Å². The molecule has 2 heterocycles. The van der Waals surface area contributed by atoms with Gasteiger partial charge in [-0.15, -0.1) is 11.3 Å². The third-order valence-corrected chi connectivity index (χ3v) is 6.50. The van der Waals surface area contributed by atoms with Crippen molar-refractivity contribution >= 4 is 39.0 Å². The van der Waals surface area contributed by atoms with Crippen molar-refractivity contribution in [2.75, 3.05) is 25.6 Å². The Balaban J connectivity index is 1.68. The summed E-state index contributed by atoms with van der Waals surface area (Å²) in [6, 6.07) is 14.2. The van der Waals surface area contributed by atoms with Crippen molar-refractivity contribution < 1.29 is 23.8 Å². The van der Waals surface area contributed by atoms with Gasteiger partial charge in [0, 0.05) is 10.8 Å². The highest BCUT2D eigenvalue weighted by Gasteiger charge is 2.23. The molecule has 0 saturated carbocycles. The maximum atomic E-state index is 13.5. The van der Waals surface area contributed by atoms with E-state index in [0.717, 1.165) is 21.6 Å². The predicted molar refractivity (Wildman–Crippen MR) is 142 cm³/mol. The number of aromatic nitrogens is 2. The van der Waals surface area contributed by atoms with E-state index >= 15 is 0 Å². The molecule has 0 unspecified atom stereocenters. The molecular weight excluding hydrogens is 494 g/mol. The Kier molecular flexibility index (Phi) is 7.88. The van der Waals surface area contributed by atoms with E-state index in [1.165, 1.54) is 0 Å². The average Bonchev–Trinajstić information content (AvgIpc) is 3.32. The minimum absolute atomic E-state index is 0.00406. The van der Waals surface area contributed by atoms with E-state index in [-0.39, 0.29) is 24.3 Å². The SMILES string of the molecule is CCOC(=O)c1nn(-c2ccc(C(C)C)cc2)c(=O)c2c(NC(=O)COc3ccc(OC)cc3)scc12. The highest BCUT2D eigenvalue weighted by atomic mass is 32.1. The molecule has 0 aliphatic rings. The first-order chi connectivity index (χ1) is 17.8. The maximum absolute atomic E-state index is 13.5. The molecule has 192 valence electrons. The number of rotatable bonds is 9. The molecule has 0 saturated heterocycles. The molecule has 37 heavy (non-hydrogen) atoms. The summed E-state index contributed by atoms with van der Waals surface area (Å²) in [5.74, 6) is 0.367. The highest BCUT2D eigenvalue weighted by molar-refractivity contribution is 7.16. The number of nitrogens with zero attached hydrogens (tertiary/aromatic N) is 2. The third-order valence-electron chi connectivity index (χ3n) is 5.61. The fraction of sp³-hybridized carbons (Fsp3) is 0.259. The number of thiophene rings is 1. The summed E-state index contributed by atoms with van der Waals surface area (Å²) in [4.78, 5) is 38.9. The zero-order valence-electron chi connectivity index (χ0n) is 20.9. The third kappa shape index (κ3) is 5.64. The van der Waals surface area contributed by atoms with Crippen molar-refractivity contribution in [1.29, 1.82) is 0 Å². The van der Waals surface area contributed by atoms with Crippen molar-refractivity contribution in [3.63, 3.8) is 0 Å². The number of methoxy groups -OCH3 is 1. The highest BCUT2D eigenvalue weighted by Crippen LogP contribution is 2.31. The molecule has 2 aromatic heterocycles. The van der Waals surface area contributed by atoms with E-state index in [0.29, 0.717) is 33.5 Å². The number of hydrogen-bond donors (Lipinski definition) is 1. The molecule has 0 spiro atoms. The van der Waals surface area contributed by atoms with Crippen molar-refractivity contribution in [3.8, 4) is 17.2 Å². The van der Waals surface area contributed by atoms with Gasteiger partial charge in [0.2, 0.25) is 0 Å². The smallest absolute Gasteiger partial charge is 0.359 e. The normalized spacial score (nSPS) is 10.9. The van der Waals surface area contributed by atoms with Gasteiger partial charge in [-0.3, -0.25) is 9.59 Å². The molecule has 0 bridgehead atoms. The number of carbonyl (C=O) groups is 2. The summed E-state index contributed by atoms with van der Waals surface area (Å²) in [6.07, 6.45) is 0. The van der Waals surface area contributed by atoms with Gasteiger partial charge in [0.15, 0.2) is 12.3 Å². The Morgan fingerprint density at radius 1 is 1.05 bits per heavy atom. The van der Waals surface area contributed by atoms with Crippen molar-refractivity contribution in [1.82, 2.24) is 9.78 Å². The van der Waals surface area contributed by atoms with Crippen molar-refractivity contribution in [2.24, 2.45) is 0 Å². The summed E-state index contributed by atoms with van der Waals surface area (Å²) in [7, 11) is 1.56. The number of nitrogens with one attached hydrogen (secondary N) is 1. The molecule has 0 atom stereocenters. The topological polar surface area (TPSA) is 109 Å². The van der Waals surface area contributed by atoms with Crippen LogP contribution in [-0.2, 0) is 9.53 Å². The zero-order chi connectivity index (χ0) is 26.5. The van der Waals surface area contributed by atoms with E-state index in [2.05, 4.69) is 24.3 Å². The number of hydrogen-bond acceptors (Lipinski definition) is 8. The van der Waals surface area contributed by atoms with Crippen LogP contribution in [0.3, 0.4) is 0 Å². The molecule has 4 aromatic rings. The summed E-state index contributed by atoms with van der Waals surface area (Å²) in [5, 5.41) is 9.47. The van der Waals surface area contributed by atoms with Crippen LogP contribution in [0.25, 0.3) is 16.5 Å². The molecule has 0 fully saturated rings. The number of carbonyl (C=O) groups excluding carboxylic acids is 2.